The summed E-state index contributed by atoms with van der Waals surface area (Å²) in [7, 11) is 1.87. The first-order chi connectivity index (χ1) is 12.2. The van der Waals surface area contributed by atoms with Gasteiger partial charge in [0.1, 0.15) is 0 Å². The molecule has 124 valence electrons. The fourth-order valence-electron chi connectivity index (χ4n) is 3.04. The molecule has 1 aliphatic heterocycles. The van der Waals surface area contributed by atoms with E-state index in [0.717, 1.165) is 33.9 Å². The van der Waals surface area contributed by atoms with Crippen LogP contribution in [0.15, 0.2) is 67.0 Å². The Labute approximate surface area is 146 Å². The summed E-state index contributed by atoms with van der Waals surface area (Å²) in [4.78, 5) is 18.6. The second-order valence-corrected chi connectivity index (χ2v) is 5.92. The minimum absolute atomic E-state index is 0.0405. The monoisotopic (exact) mass is 330 g/mol. The molecule has 5 heteroatoms. The summed E-state index contributed by atoms with van der Waals surface area (Å²) in [5, 5.41) is 6.45. The van der Waals surface area contributed by atoms with Crippen molar-refractivity contribution in [2.45, 2.75) is 6.54 Å². The van der Waals surface area contributed by atoms with E-state index in [0.29, 0.717) is 6.54 Å². The van der Waals surface area contributed by atoms with Crippen molar-refractivity contribution in [1.29, 1.82) is 0 Å². The molecule has 2 heterocycles. The van der Waals surface area contributed by atoms with Crippen molar-refractivity contribution in [1.82, 2.24) is 4.98 Å². The molecule has 0 atom stereocenters. The van der Waals surface area contributed by atoms with Crippen LogP contribution in [0.3, 0.4) is 0 Å². The van der Waals surface area contributed by atoms with Gasteiger partial charge in [0.15, 0.2) is 0 Å². The summed E-state index contributed by atoms with van der Waals surface area (Å²) in [6.07, 6.45) is 3.49. The maximum atomic E-state index is 12.7. The van der Waals surface area contributed by atoms with Crippen LogP contribution in [-0.4, -0.2) is 17.9 Å². The number of aromatic nitrogens is 1. The Hall–Kier alpha value is -3.34. The van der Waals surface area contributed by atoms with Crippen LogP contribution in [0.5, 0.6) is 0 Å². The summed E-state index contributed by atoms with van der Waals surface area (Å²) in [5.74, 6) is 0.0405. The van der Waals surface area contributed by atoms with E-state index >= 15 is 0 Å². The van der Waals surface area contributed by atoms with E-state index in [4.69, 9.17) is 0 Å². The first-order valence-corrected chi connectivity index (χ1v) is 8.14. The molecule has 25 heavy (non-hydrogen) atoms. The normalized spacial score (nSPS) is 12.8. The van der Waals surface area contributed by atoms with Gasteiger partial charge in [-0.1, -0.05) is 6.07 Å². The Balaban J connectivity index is 1.60. The Morgan fingerprint density at radius 1 is 0.960 bits per heavy atom. The highest BCUT2D eigenvalue weighted by Crippen LogP contribution is 2.31. The number of carbonyl (C=O) groups is 1. The number of carbonyl (C=O) groups excluding carboxylic acids is 1. The van der Waals surface area contributed by atoms with Gasteiger partial charge in [0.25, 0.3) is 5.91 Å². The van der Waals surface area contributed by atoms with Crippen LogP contribution in [0.4, 0.5) is 22.7 Å². The number of pyridine rings is 1. The van der Waals surface area contributed by atoms with Gasteiger partial charge >= 0.3 is 0 Å². The Kier molecular flexibility index (Phi) is 3.82. The van der Waals surface area contributed by atoms with Crippen molar-refractivity contribution < 1.29 is 4.79 Å². The Bertz CT molecular complexity index is 924. The van der Waals surface area contributed by atoms with Crippen molar-refractivity contribution in [3.05, 3.63) is 78.1 Å². The highest BCUT2D eigenvalue weighted by Gasteiger charge is 2.28. The molecule has 0 aliphatic carbocycles. The lowest BCUT2D eigenvalue weighted by Crippen LogP contribution is -2.22. The van der Waals surface area contributed by atoms with E-state index in [1.54, 1.807) is 12.4 Å². The fraction of sp³-hybridized carbons (Fsp3) is 0.100. The van der Waals surface area contributed by atoms with Crippen LogP contribution in [0.2, 0.25) is 0 Å². The standard InChI is InChI=1S/C20H18N4O/c1-21-16-3-2-4-18(12-16)24-13-14-11-17(5-6-19(14)20(24)25)23-15-7-9-22-10-8-15/h2-12,21H,13H2,1H3,(H,22,23). The summed E-state index contributed by atoms with van der Waals surface area (Å²) in [5.41, 5.74) is 5.61. The van der Waals surface area contributed by atoms with Gasteiger partial charge < -0.3 is 15.5 Å². The minimum Gasteiger partial charge on any atom is -0.388 e. The van der Waals surface area contributed by atoms with Gasteiger partial charge in [-0.2, -0.15) is 0 Å². The van der Waals surface area contributed by atoms with Crippen molar-refractivity contribution in [3.8, 4) is 0 Å². The average Bonchev–Trinajstić information content (AvgIpc) is 2.99. The second kappa shape index (κ2) is 6.28. The van der Waals surface area contributed by atoms with E-state index in [-0.39, 0.29) is 5.91 Å². The smallest absolute Gasteiger partial charge is 0.258 e. The molecule has 0 unspecified atom stereocenters. The summed E-state index contributed by atoms with van der Waals surface area (Å²) >= 11 is 0. The topological polar surface area (TPSA) is 57.3 Å². The van der Waals surface area contributed by atoms with Crippen LogP contribution in [-0.2, 0) is 6.54 Å². The molecular formula is C20H18N4O. The Morgan fingerprint density at radius 2 is 1.80 bits per heavy atom. The zero-order valence-electron chi connectivity index (χ0n) is 13.9. The molecule has 1 aliphatic rings. The molecule has 0 spiro atoms. The van der Waals surface area contributed by atoms with Crippen molar-refractivity contribution in [2.24, 2.45) is 0 Å². The third kappa shape index (κ3) is 2.92. The molecule has 4 rings (SSSR count). The number of nitrogens with one attached hydrogen (secondary N) is 2. The lowest BCUT2D eigenvalue weighted by molar-refractivity contribution is 0.0996. The molecule has 0 bridgehead atoms. The largest absolute Gasteiger partial charge is 0.388 e. The highest BCUT2D eigenvalue weighted by atomic mass is 16.2. The Morgan fingerprint density at radius 3 is 2.60 bits per heavy atom. The molecule has 0 saturated heterocycles. The number of nitrogens with zero attached hydrogens (tertiary/aromatic N) is 2. The molecule has 2 aromatic carbocycles. The molecule has 5 nitrogen and oxygen atoms in total. The van der Waals surface area contributed by atoms with Gasteiger partial charge in [0, 0.05) is 47.8 Å². The molecular weight excluding hydrogens is 312 g/mol. The van der Waals surface area contributed by atoms with E-state index in [2.05, 4.69) is 15.6 Å². The molecule has 0 radical (unpaired) electrons. The van der Waals surface area contributed by atoms with Gasteiger partial charge in [0.05, 0.1) is 6.54 Å². The van der Waals surface area contributed by atoms with Crippen LogP contribution < -0.4 is 15.5 Å². The quantitative estimate of drug-likeness (QED) is 0.758. The molecule has 1 amide bonds. The molecule has 1 aromatic heterocycles. The van der Waals surface area contributed by atoms with Crippen LogP contribution in [0, 0.1) is 0 Å². The van der Waals surface area contributed by atoms with Crippen molar-refractivity contribution in [3.63, 3.8) is 0 Å². The maximum absolute atomic E-state index is 12.7. The fourth-order valence-corrected chi connectivity index (χ4v) is 3.04. The van der Waals surface area contributed by atoms with Gasteiger partial charge in [-0.25, -0.2) is 0 Å². The average molecular weight is 330 g/mol. The van der Waals surface area contributed by atoms with Gasteiger partial charge in [-0.05, 0) is 54.1 Å². The summed E-state index contributed by atoms with van der Waals surface area (Å²) in [6.45, 7) is 0.577. The number of hydrogen-bond acceptors (Lipinski definition) is 4. The van der Waals surface area contributed by atoms with Crippen molar-refractivity contribution >= 4 is 28.7 Å². The molecule has 0 fully saturated rings. The minimum atomic E-state index is 0.0405. The third-order valence-corrected chi connectivity index (χ3v) is 4.32. The molecule has 3 aromatic rings. The summed E-state index contributed by atoms with van der Waals surface area (Å²) in [6, 6.07) is 17.6. The number of rotatable bonds is 4. The zero-order valence-corrected chi connectivity index (χ0v) is 13.9. The first-order valence-electron chi connectivity index (χ1n) is 8.14. The predicted octanol–water partition coefficient (Wildman–Crippen LogP) is 4.03. The third-order valence-electron chi connectivity index (χ3n) is 4.32. The summed E-state index contributed by atoms with van der Waals surface area (Å²) < 4.78 is 0. The number of benzene rings is 2. The molecule has 0 saturated carbocycles. The van der Waals surface area contributed by atoms with Crippen LogP contribution >= 0.6 is 0 Å². The van der Waals surface area contributed by atoms with Gasteiger partial charge in [-0.3, -0.25) is 9.78 Å². The lowest BCUT2D eigenvalue weighted by Gasteiger charge is -2.16. The second-order valence-electron chi connectivity index (χ2n) is 5.92. The number of anilines is 4. The zero-order chi connectivity index (χ0) is 17.2. The van der Waals surface area contributed by atoms with Gasteiger partial charge in [-0.15, -0.1) is 0 Å². The maximum Gasteiger partial charge on any atom is 0.258 e. The lowest BCUT2D eigenvalue weighted by atomic mass is 10.1. The number of hydrogen-bond donors (Lipinski definition) is 2. The van der Waals surface area contributed by atoms with E-state index < -0.39 is 0 Å². The number of fused-ring (bicyclic) bond motifs is 1. The molecule has 2 N–H and O–H groups in total. The van der Waals surface area contributed by atoms with Crippen LogP contribution in [0.1, 0.15) is 15.9 Å². The van der Waals surface area contributed by atoms with Crippen LogP contribution in [0.25, 0.3) is 0 Å². The highest BCUT2D eigenvalue weighted by molar-refractivity contribution is 6.10. The van der Waals surface area contributed by atoms with E-state index in [9.17, 15) is 4.79 Å². The number of amides is 1. The predicted molar refractivity (Wildman–Crippen MR) is 100 cm³/mol. The van der Waals surface area contributed by atoms with E-state index in [1.807, 2.05) is 66.5 Å². The van der Waals surface area contributed by atoms with Gasteiger partial charge in [0.2, 0.25) is 0 Å². The van der Waals surface area contributed by atoms with E-state index in [1.165, 1.54) is 0 Å². The SMILES string of the molecule is CNc1cccc(N2Cc3cc(Nc4ccncc4)ccc3C2=O)c1. The van der Waals surface area contributed by atoms with Crippen molar-refractivity contribution in [2.75, 3.05) is 22.6 Å². The first kappa shape index (κ1) is 15.2.